The SMILES string of the molecule is CN(C)c1ccc(C2C(C(=O)O)c3ccccc3C(=O)N2C2CC2)cc1. The summed E-state index contributed by atoms with van der Waals surface area (Å²) in [6.45, 7) is 0. The van der Waals surface area contributed by atoms with Gasteiger partial charge >= 0.3 is 5.97 Å². The van der Waals surface area contributed by atoms with Crippen molar-refractivity contribution < 1.29 is 14.7 Å². The van der Waals surface area contributed by atoms with Crippen LogP contribution in [0.2, 0.25) is 0 Å². The topological polar surface area (TPSA) is 60.9 Å². The number of hydrogen-bond acceptors (Lipinski definition) is 3. The number of carbonyl (C=O) groups excluding carboxylic acids is 1. The maximum absolute atomic E-state index is 13.2. The van der Waals surface area contributed by atoms with Crippen molar-refractivity contribution in [2.75, 3.05) is 19.0 Å². The van der Waals surface area contributed by atoms with Crippen LogP contribution in [0.4, 0.5) is 5.69 Å². The molecule has 1 N–H and O–H groups in total. The van der Waals surface area contributed by atoms with Gasteiger partial charge in [-0.3, -0.25) is 9.59 Å². The monoisotopic (exact) mass is 350 g/mol. The summed E-state index contributed by atoms with van der Waals surface area (Å²) >= 11 is 0. The van der Waals surface area contributed by atoms with Gasteiger partial charge in [0.15, 0.2) is 0 Å². The first kappa shape index (κ1) is 16.6. The Morgan fingerprint density at radius 3 is 2.31 bits per heavy atom. The Kier molecular flexibility index (Phi) is 3.94. The zero-order chi connectivity index (χ0) is 18.4. The van der Waals surface area contributed by atoms with E-state index in [4.69, 9.17) is 0 Å². The van der Waals surface area contributed by atoms with Crippen LogP contribution in [0.25, 0.3) is 0 Å². The van der Waals surface area contributed by atoms with Gasteiger partial charge in [-0.05, 0) is 42.2 Å². The molecular formula is C21H22N2O3. The van der Waals surface area contributed by atoms with Crippen molar-refractivity contribution in [1.29, 1.82) is 0 Å². The number of nitrogens with zero attached hydrogens (tertiary/aromatic N) is 2. The Morgan fingerprint density at radius 2 is 1.73 bits per heavy atom. The number of carboxylic acid groups (broad SMARTS) is 1. The highest BCUT2D eigenvalue weighted by Crippen LogP contribution is 2.47. The first-order valence-electron chi connectivity index (χ1n) is 8.90. The number of carbonyl (C=O) groups is 2. The van der Waals surface area contributed by atoms with Crippen molar-refractivity contribution in [3.8, 4) is 0 Å². The zero-order valence-corrected chi connectivity index (χ0v) is 14.9. The highest BCUT2D eigenvalue weighted by molar-refractivity contribution is 6.00. The smallest absolute Gasteiger partial charge is 0.313 e. The molecule has 0 radical (unpaired) electrons. The molecule has 0 bridgehead atoms. The highest BCUT2D eigenvalue weighted by Gasteiger charge is 2.49. The molecule has 2 unspecified atom stereocenters. The Labute approximate surface area is 152 Å². The molecule has 0 aromatic heterocycles. The third-order valence-corrected chi connectivity index (χ3v) is 5.33. The second-order valence-electron chi connectivity index (χ2n) is 7.28. The fraction of sp³-hybridized carbons (Fsp3) is 0.333. The average Bonchev–Trinajstić information content (AvgIpc) is 3.46. The molecule has 2 aliphatic rings. The number of carboxylic acids is 1. The largest absolute Gasteiger partial charge is 0.481 e. The van der Waals surface area contributed by atoms with Crippen molar-refractivity contribution >= 4 is 17.6 Å². The third-order valence-electron chi connectivity index (χ3n) is 5.33. The highest BCUT2D eigenvalue weighted by atomic mass is 16.4. The van der Waals surface area contributed by atoms with Crippen molar-refractivity contribution in [2.24, 2.45) is 0 Å². The summed E-state index contributed by atoms with van der Waals surface area (Å²) in [6, 6.07) is 14.6. The van der Waals surface area contributed by atoms with Gasteiger partial charge in [0.1, 0.15) is 5.92 Å². The molecule has 2 aromatic rings. The molecule has 26 heavy (non-hydrogen) atoms. The molecule has 1 aliphatic heterocycles. The van der Waals surface area contributed by atoms with Gasteiger partial charge in [-0.2, -0.15) is 0 Å². The summed E-state index contributed by atoms with van der Waals surface area (Å²) in [7, 11) is 3.93. The first-order valence-corrected chi connectivity index (χ1v) is 8.90. The van der Waals surface area contributed by atoms with Crippen molar-refractivity contribution in [1.82, 2.24) is 4.90 Å². The van der Waals surface area contributed by atoms with E-state index >= 15 is 0 Å². The van der Waals surface area contributed by atoms with Crippen molar-refractivity contribution in [2.45, 2.75) is 30.8 Å². The van der Waals surface area contributed by atoms with E-state index in [2.05, 4.69) is 0 Å². The van der Waals surface area contributed by atoms with E-state index in [0.717, 1.165) is 24.1 Å². The number of rotatable bonds is 4. The van der Waals surface area contributed by atoms with E-state index in [-0.39, 0.29) is 11.9 Å². The Bertz CT molecular complexity index is 856. The second-order valence-corrected chi connectivity index (χ2v) is 7.28. The Balaban J connectivity index is 1.86. The lowest BCUT2D eigenvalue weighted by atomic mass is 9.79. The quantitative estimate of drug-likeness (QED) is 0.919. The number of hydrogen-bond donors (Lipinski definition) is 1. The fourth-order valence-corrected chi connectivity index (χ4v) is 3.90. The minimum atomic E-state index is -0.891. The normalized spacial score (nSPS) is 22.1. The molecule has 2 aromatic carbocycles. The lowest BCUT2D eigenvalue weighted by Crippen LogP contribution is -2.46. The summed E-state index contributed by atoms with van der Waals surface area (Å²) < 4.78 is 0. The molecule has 1 amide bonds. The zero-order valence-electron chi connectivity index (χ0n) is 14.9. The van der Waals surface area contributed by atoms with Crippen LogP contribution < -0.4 is 4.90 Å². The number of amides is 1. The molecule has 1 aliphatic carbocycles. The molecule has 5 nitrogen and oxygen atoms in total. The van der Waals surface area contributed by atoms with E-state index < -0.39 is 17.9 Å². The summed E-state index contributed by atoms with van der Waals surface area (Å²) in [4.78, 5) is 29.2. The summed E-state index contributed by atoms with van der Waals surface area (Å²) in [5, 5.41) is 10.0. The first-order chi connectivity index (χ1) is 12.5. The molecule has 1 saturated carbocycles. The molecule has 0 spiro atoms. The van der Waals surface area contributed by atoms with Gasteiger partial charge < -0.3 is 14.9 Å². The number of fused-ring (bicyclic) bond motifs is 1. The minimum Gasteiger partial charge on any atom is -0.481 e. The molecule has 1 heterocycles. The maximum Gasteiger partial charge on any atom is 0.313 e. The van der Waals surface area contributed by atoms with Gasteiger partial charge in [-0.15, -0.1) is 0 Å². The summed E-state index contributed by atoms with van der Waals surface area (Å²) in [5.74, 6) is -1.70. The lowest BCUT2D eigenvalue weighted by Gasteiger charge is -2.41. The van der Waals surface area contributed by atoms with Gasteiger partial charge in [0.05, 0.1) is 6.04 Å². The lowest BCUT2D eigenvalue weighted by molar-refractivity contribution is -0.140. The maximum atomic E-state index is 13.2. The number of anilines is 1. The van der Waals surface area contributed by atoms with Crippen LogP contribution in [0, 0.1) is 0 Å². The van der Waals surface area contributed by atoms with Crippen LogP contribution in [-0.4, -0.2) is 42.0 Å². The van der Waals surface area contributed by atoms with E-state index in [9.17, 15) is 14.7 Å². The van der Waals surface area contributed by atoms with E-state index in [1.807, 2.05) is 48.2 Å². The van der Waals surface area contributed by atoms with Gasteiger partial charge in [-0.1, -0.05) is 30.3 Å². The summed E-state index contributed by atoms with van der Waals surface area (Å²) in [5.41, 5.74) is 3.05. The van der Waals surface area contributed by atoms with E-state index in [1.54, 1.807) is 24.3 Å². The van der Waals surface area contributed by atoms with Gasteiger partial charge in [0.25, 0.3) is 5.91 Å². The van der Waals surface area contributed by atoms with Crippen LogP contribution in [0.1, 0.15) is 46.3 Å². The fourth-order valence-electron chi connectivity index (χ4n) is 3.90. The molecule has 1 fully saturated rings. The van der Waals surface area contributed by atoms with Crippen LogP contribution in [0.5, 0.6) is 0 Å². The summed E-state index contributed by atoms with van der Waals surface area (Å²) in [6.07, 6.45) is 1.87. The van der Waals surface area contributed by atoms with E-state index in [1.165, 1.54) is 0 Å². The number of benzene rings is 2. The predicted octanol–water partition coefficient (Wildman–Crippen LogP) is 3.28. The molecule has 2 atom stereocenters. The standard InChI is InChI=1S/C21H22N2O3/c1-22(2)14-9-7-13(8-10-14)19-18(21(25)26)16-5-3-4-6-17(16)20(24)23(19)15-11-12-15/h3-10,15,18-19H,11-12H2,1-2H3,(H,25,26). The molecule has 134 valence electrons. The predicted molar refractivity (Wildman–Crippen MR) is 99.5 cm³/mol. The average molecular weight is 350 g/mol. The second kappa shape index (κ2) is 6.16. The van der Waals surface area contributed by atoms with Gasteiger partial charge in [0, 0.05) is 31.4 Å². The van der Waals surface area contributed by atoms with Crippen molar-refractivity contribution in [3.63, 3.8) is 0 Å². The molecule has 5 heteroatoms. The van der Waals surface area contributed by atoms with Crippen LogP contribution in [0.15, 0.2) is 48.5 Å². The molecular weight excluding hydrogens is 328 g/mol. The third kappa shape index (κ3) is 2.64. The molecule has 0 saturated heterocycles. The van der Waals surface area contributed by atoms with Crippen LogP contribution in [0.3, 0.4) is 0 Å². The minimum absolute atomic E-state index is 0.0534. The number of aliphatic carboxylic acids is 1. The van der Waals surface area contributed by atoms with Crippen LogP contribution in [-0.2, 0) is 4.79 Å². The van der Waals surface area contributed by atoms with Gasteiger partial charge in [0.2, 0.25) is 0 Å². The Hall–Kier alpha value is -2.82. The van der Waals surface area contributed by atoms with Gasteiger partial charge in [-0.25, -0.2) is 0 Å². The Morgan fingerprint density at radius 1 is 1.08 bits per heavy atom. The van der Waals surface area contributed by atoms with Crippen molar-refractivity contribution in [3.05, 3.63) is 65.2 Å². The van der Waals surface area contributed by atoms with Crippen LogP contribution >= 0.6 is 0 Å². The molecule has 4 rings (SSSR count). The van der Waals surface area contributed by atoms with E-state index in [0.29, 0.717) is 11.1 Å².